The first-order valence-electron chi connectivity index (χ1n) is 4.88. The second-order valence-corrected chi connectivity index (χ2v) is 3.05. The molecular weight excluding hydrogens is 152 g/mol. The van der Waals surface area contributed by atoms with Gasteiger partial charge in [0, 0.05) is 6.42 Å². The van der Waals surface area contributed by atoms with Gasteiger partial charge < -0.3 is 4.74 Å². The van der Waals surface area contributed by atoms with Crippen LogP contribution in [-0.4, -0.2) is 13.1 Å². The van der Waals surface area contributed by atoms with Gasteiger partial charge in [-0.2, -0.15) is 0 Å². The molecular formula is C10H20O2. The molecule has 0 N–H and O–H groups in total. The minimum atomic E-state index is -0.157. The Hall–Kier alpha value is -0.530. The van der Waals surface area contributed by atoms with Gasteiger partial charge in [-0.25, -0.2) is 0 Å². The fourth-order valence-electron chi connectivity index (χ4n) is 1.20. The maximum absolute atomic E-state index is 9.96. The molecule has 0 heterocycles. The molecule has 1 rings (SSSR count). The third-order valence-electron chi connectivity index (χ3n) is 2.02. The smallest absolute Gasteiger partial charge is 0.305 e. The Balaban J connectivity index is 0.000000202. The van der Waals surface area contributed by atoms with Gasteiger partial charge in [0.15, 0.2) is 0 Å². The van der Waals surface area contributed by atoms with Gasteiger partial charge >= 0.3 is 5.97 Å². The van der Waals surface area contributed by atoms with E-state index in [-0.39, 0.29) is 5.97 Å². The highest BCUT2D eigenvalue weighted by Gasteiger charge is 1.95. The molecule has 0 spiro atoms. The number of hydrogen-bond acceptors (Lipinski definition) is 2. The van der Waals surface area contributed by atoms with Crippen LogP contribution in [0.1, 0.15) is 51.9 Å². The van der Waals surface area contributed by atoms with Gasteiger partial charge in [0.2, 0.25) is 0 Å². The maximum atomic E-state index is 9.96. The van der Waals surface area contributed by atoms with Crippen LogP contribution in [0, 0.1) is 0 Å². The number of carbonyl (C=O) groups is 1. The lowest BCUT2D eigenvalue weighted by molar-refractivity contribution is -0.140. The minimum Gasteiger partial charge on any atom is -0.469 e. The highest BCUT2D eigenvalue weighted by molar-refractivity contribution is 5.68. The highest BCUT2D eigenvalue weighted by Crippen LogP contribution is 2.15. The molecule has 1 aliphatic carbocycles. The third-order valence-corrected chi connectivity index (χ3v) is 2.02. The Morgan fingerprint density at radius 3 is 1.50 bits per heavy atom. The Kier molecular flexibility index (Phi) is 8.19. The number of rotatable bonds is 1. The molecule has 0 aromatic heterocycles. The van der Waals surface area contributed by atoms with Crippen molar-refractivity contribution >= 4 is 5.97 Å². The molecule has 1 aliphatic rings. The summed E-state index contributed by atoms with van der Waals surface area (Å²) in [7, 11) is 1.38. The first kappa shape index (κ1) is 11.5. The third kappa shape index (κ3) is 7.58. The van der Waals surface area contributed by atoms with E-state index in [1.165, 1.54) is 45.6 Å². The van der Waals surface area contributed by atoms with Crippen molar-refractivity contribution in [2.24, 2.45) is 0 Å². The van der Waals surface area contributed by atoms with Gasteiger partial charge in [0.05, 0.1) is 7.11 Å². The number of hydrogen-bond donors (Lipinski definition) is 0. The van der Waals surface area contributed by atoms with Gasteiger partial charge in [-0.15, -0.1) is 0 Å². The zero-order valence-electron chi connectivity index (χ0n) is 8.27. The van der Waals surface area contributed by atoms with E-state index in [4.69, 9.17) is 0 Å². The predicted octanol–water partition coefficient (Wildman–Crippen LogP) is 2.91. The molecule has 0 amide bonds. The van der Waals surface area contributed by atoms with Crippen molar-refractivity contribution in [3.63, 3.8) is 0 Å². The van der Waals surface area contributed by atoms with Crippen molar-refractivity contribution in [1.82, 2.24) is 0 Å². The van der Waals surface area contributed by atoms with Crippen molar-refractivity contribution in [3.8, 4) is 0 Å². The van der Waals surface area contributed by atoms with E-state index >= 15 is 0 Å². The molecule has 2 nitrogen and oxygen atoms in total. The molecule has 0 atom stereocenters. The van der Waals surface area contributed by atoms with Crippen molar-refractivity contribution < 1.29 is 9.53 Å². The van der Waals surface area contributed by atoms with Crippen LogP contribution in [0.5, 0.6) is 0 Å². The first-order valence-corrected chi connectivity index (χ1v) is 4.88. The Morgan fingerprint density at radius 2 is 1.42 bits per heavy atom. The molecule has 0 radical (unpaired) electrons. The fourth-order valence-corrected chi connectivity index (χ4v) is 1.20. The summed E-state index contributed by atoms with van der Waals surface area (Å²) in [5, 5.41) is 0. The van der Waals surface area contributed by atoms with Crippen LogP contribution in [0.15, 0.2) is 0 Å². The van der Waals surface area contributed by atoms with E-state index in [2.05, 4.69) is 4.74 Å². The maximum Gasteiger partial charge on any atom is 0.305 e. The van der Waals surface area contributed by atoms with Crippen molar-refractivity contribution in [2.75, 3.05) is 7.11 Å². The lowest BCUT2D eigenvalue weighted by Gasteiger charge is -2.05. The fraction of sp³-hybridized carbons (Fsp3) is 0.900. The lowest BCUT2D eigenvalue weighted by Crippen LogP contribution is -1.94. The molecule has 0 bridgehead atoms. The van der Waals surface area contributed by atoms with Crippen LogP contribution in [0.3, 0.4) is 0 Å². The molecule has 0 aromatic rings. The highest BCUT2D eigenvalue weighted by atomic mass is 16.5. The van der Waals surface area contributed by atoms with Crippen LogP contribution < -0.4 is 0 Å². The van der Waals surface area contributed by atoms with Crippen molar-refractivity contribution in [3.05, 3.63) is 0 Å². The van der Waals surface area contributed by atoms with E-state index in [1.54, 1.807) is 6.92 Å². The SMILES string of the molecule is C1CCCCC1.CCC(=O)OC. The largest absolute Gasteiger partial charge is 0.469 e. The summed E-state index contributed by atoms with van der Waals surface area (Å²) in [5.41, 5.74) is 0. The number of esters is 1. The molecule has 72 valence electrons. The van der Waals surface area contributed by atoms with Crippen LogP contribution in [-0.2, 0) is 9.53 Å². The molecule has 12 heavy (non-hydrogen) atoms. The molecule has 2 heteroatoms. The summed E-state index contributed by atoms with van der Waals surface area (Å²) in [5.74, 6) is -0.157. The first-order chi connectivity index (χ1) is 5.81. The van der Waals surface area contributed by atoms with Crippen LogP contribution in [0.4, 0.5) is 0 Å². The number of methoxy groups -OCH3 is 1. The second kappa shape index (κ2) is 8.57. The molecule has 1 saturated carbocycles. The average Bonchev–Trinajstić information content (AvgIpc) is 2.20. The number of carbonyl (C=O) groups excluding carboxylic acids is 1. The van der Waals surface area contributed by atoms with Gasteiger partial charge in [-0.05, 0) is 0 Å². The number of ether oxygens (including phenoxy) is 1. The molecule has 1 fully saturated rings. The standard InChI is InChI=1S/C6H12.C4H8O2/c1-2-4-6-5-3-1;1-3-4(5)6-2/h1-6H2;3H2,1-2H3. The average molecular weight is 172 g/mol. The summed E-state index contributed by atoms with van der Waals surface area (Å²) in [6, 6.07) is 0. The van der Waals surface area contributed by atoms with Gasteiger partial charge in [0.25, 0.3) is 0 Å². The van der Waals surface area contributed by atoms with Gasteiger partial charge in [0.1, 0.15) is 0 Å². The minimum absolute atomic E-state index is 0.157. The predicted molar refractivity (Wildman–Crippen MR) is 50.0 cm³/mol. The topological polar surface area (TPSA) is 26.3 Å². The van der Waals surface area contributed by atoms with E-state index in [0.717, 1.165) is 0 Å². The van der Waals surface area contributed by atoms with Gasteiger partial charge in [-0.1, -0.05) is 45.4 Å². The Morgan fingerprint density at radius 1 is 1.08 bits per heavy atom. The molecule has 0 aliphatic heterocycles. The summed E-state index contributed by atoms with van der Waals surface area (Å²) >= 11 is 0. The van der Waals surface area contributed by atoms with Crippen molar-refractivity contribution in [1.29, 1.82) is 0 Å². The van der Waals surface area contributed by atoms with E-state index in [9.17, 15) is 4.79 Å². The molecule has 0 aromatic carbocycles. The Bertz CT molecular complexity index is 88.9. The van der Waals surface area contributed by atoms with Crippen LogP contribution in [0.25, 0.3) is 0 Å². The molecule has 0 saturated heterocycles. The monoisotopic (exact) mass is 172 g/mol. The quantitative estimate of drug-likeness (QED) is 0.568. The van der Waals surface area contributed by atoms with Crippen LogP contribution >= 0.6 is 0 Å². The summed E-state index contributed by atoms with van der Waals surface area (Å²) < 4.78 is 4.26. The van der Waals surface area contributed by atoms with Gasteiger partial charge in [-0.3, -0.25) is 4.79 Å². The zero-order valence-corrected chi connectivity index (χ0v) is 8.27. The zero-order chi connectivity index (χ0) is 9.23. The van der Waals surface area contributed by atoms with Crippen molar-refractivity contribution in [2.45, 2.75) is 51.9 Å². The Labute approximate surface area is 75.3 Å². The summed E-state index contributed by atoms with van der Waals surface area (Å²) in [6.45, 7) is 1.76. The van der Waals surface area contributed by atoms with E-state index in [1.807, 2.05) is 0 Å². The summed E-state index contributed by atoms with van der Waals surface area (Å²) in [4.78, 5) is 9.96. The molecule has 0 unspecified atom stereocenters. The lowest BCUT2D eigenvalue weighted by atomic mass is 10.0. The van der Waals surface area contributed by atoms with E-state index < -0.39 is 0 Å². The summed E-state index contributed by atoms with van der Waals surface area (Å²) in [6.07, 6.45) is 9.47. The normalized spacial score (nSPS) is 15.8. The van der Waals surface area contributed by atoms with E-state index in [0.29, 0.717) is 6.42 Å². The van der Waals surface area contributed by atoms with Crippen LogP contribution in [0.2, 0.25) is 0 Å². The second-order valence-electron chi connectivity index (χ2n) is 3.05.